The van der Waals surface area contributed by atoms with Crippen LogP contribution in [-0.4, -0.2) is 74.1 Å². The van der Waals surface area contributed by atoms with E-state index in [1.807, 2.05) is 59.5 Å². The number of carbonyl (C=O) groups is 1. The van der Waals surface area contributed by atoms with Crippen LogP contribution in [0, 0.1) is 0 Å². The summed E-state index contributed by atoms with van der Waals surface area (Å²) in [5.74, 6) is 0.651. The lowest BCUT2D eigenvalue weighted by molar-refractivity contribution is -0.134. The van der Waals surface area contributed by atoms with E-state index in [0.29, 0.717) is 37.5 Å². The number of hydrogen-bond donors (Lipinski definition) is 0. The summed E-state index contributed by atoms with van der Waals surface area (Å²) >= 11 is 0. The number of benzene rings is 3. The van der Waals surface area contributed by atoms with Gasteiger partial charge in [0, 0.05) is 32.6 Å². The van der Waals surface area contributed by atoms with Gasteiger partial charge in [-0.3, -0.25) is 9.69 Å². The van der Waals surface area contributed by atoms with Gasteiger partial charge in [0.2, 0.25) is 10.0 Å². The van der Waals surface area contributed by atoms with Crippen molar-refractivity contribution in [2.75, 3.05) is 39.8 Å². The first-order valence-corrected chi connectivity index (χ1v) is 13.8. The predicted octanol–water partition coefficient (Wildman–Crippen LogP) is 3.38. The van der Waals surface area contributed by atoms with Crippen molar-refractivity contribution < 1.29 is 17.9 Å². The van der Waals surface area contributed by atoms with E-state index in [1.54, 1.807) is 42.5 Å². The van der Waals surface area contributed by atoms with Crippen molar-refractivity contribution in [1.82, 2.24) is 14.2 Å². The Morgan fingerprint density at radius 2 is 1.51 bits per heavy atom. The summed E-state index contributed by atoms with van der Waals surface area (Å²) in [5, 5.41) is 6.35. The number of methoxy groups -OCH3 is 1. The Bertz CT molecular complexity index is 1350. The molecule has 0 aromatic heterocycles. The molecule has 1 fully saturated rings. The Hall–Kier alpha value is -3.53. The molecule has 192 valence electrons. The maximum absolute atomic E-state index is 13.5. The topological polar surface area (TPSA) is 82.5 Å². The van der Waals surface area contributed by atoms with Crippen LogP contribution in [0.4, 0.5) is 0 Å². The molecular formula is C28H30N4O4S. The van der Waals surface area contributed by atoms with Gasteiger partial charge in [0.05, 0.1) is 30.3 Å². The fraction of sp³-hybridized carbons (Fsp3) is 0.286. The lowest BCUT2D eigenvalue weighted by Crippen LogP contribution is -2.51. The maximum atomic E-state index is 13.5. The summed E-state index contributed by atoms with van der Waals surface area (Å²) in [4.78, 5) is 15.8. The molecular weight excluding hydrogens is 488 g/mol. The molecule has 0 aliphatic carbocycles. The van der Waals surface area contributed by atoms with Gasteiger partial charge in [0.1, 0.15) is 5.75 Å². The van der Waals surface area contributed by atoms with Crippen LogP contribution >= 0.6 is 0 Å². The molecule has 9 heteroatoms. The van der Waals surface area contributed by atoms with Crippen LogP contribution in [0.2, 0.25) is 0 Å². The van der Waals surface area contributed by atoms with E-state index in [-0.39, 0.29) is 18.5 Å². The SMILES string of the molecule is COc1ccc(C2CC(c3ccccc3)=NN2C(=O)CN2CCN(S(=O)(=O)c3ccccc3)CC2)cc1. The standard InChI is InChI=1S/C28H30N4O4S/c1-36-24-14-12-23(13-15-24)27-20-26(22-8-4-2-5-9-22)29-32(27)28(33)21-30-16-18-31(19-17-30)37(34,35)25-10-6-3-7-11-25/h2-15,27H,16-21H2,1H3. The van der Waals surface area contributed by atoms with Gasteiger partial charge in [-0.2, -0.15) is 9.41 Å². The molecule has 1 amide bonds. The van der Waals surface area contributed by atoms with Crippen LogP contribution in [-0.2, 0) is 14.8 Å². The van der Waals surface area contributed by atoms with Crippen molar-refractivity contribution in [3.05, 3.63) is 96.1 Å². The van der Waals surface area contributed by atoms with Gasteiger partial charge in [0.15, 0.2) is 0 Å². The average Bonchev–Trinajstić information content (AvgIpc) is 3.40. The van der Waals surface area contributed by atoms with Gasteiger partial charge in [-0.15, -0.1) is 0 Å². The number of carbonyl (C=O) groups excluding carboxylic acids is 1. The lowest BCUT2D eigenvalue weighted by Gasteiger charge is -2.34. The van der Waals surface area contributed by atoms with Gasteiger partial charge in [-0.05, 0) is 35.4 Å². The van der Waals surface area contributed by atoms with E-state index >= 15 is 0 Å². The summed E-state index contributed by atoms with van der Waals surface area (Å²) in [6.07, 6.45) is 0.616. The van der Waals surface area contributed by atoms with Gasteiger partial charge < -0.3 is 4.74 Å². The molecule has 3 aromatic carbocycles. The molecule has 1 saturated heterocycles. The minimum absolute atomic E-state index is 0.105. The molecule has 0 spiro atoms. The molecule has 2 aliphatic rings. The Labute approximate surface area is 217 Å². The Morgan fingerprint density at radius 1 is 0.892 bits per heavy atom. The summed E-state index contributed by atoms with van der Waals surface area (Å²) in [6.45, 7) is 1.82. The number of amides is 1. The van der Waals surface area contributed by atoms with Crippen LogP contribution in [0.25, 0.3) is 0 Å². The van der Waals surface area contributed by atoms with Crippen molar-refractivity contribution in [3.8, 4) is 5.75 Å². The van der Waals surface area contributed by atoms with Gasteiger partial charge in [0.25, 0.3) is 5.91 Å². The molecule has 1 atom stereocenters. The highest BCUT2D eigenvalue weighted by Crippen LogP contribution is 2.33. The average molecular weight is 519 g/mol. The normalized spacial score (nSPS) is 19.0. The van der Waals surface area contributed by atoms with Gasteiger partial charge >= 0.3 is 0 Å². The van der Waals surface area contributed by atoms with E-state index in [1.165, 1.54) is 4.31 Å². The molecule has 2 heterocycles. The third kappa shape index (κ3) is 5.44. The second-order valence-corrected chi connectivity index (χ2v) is 11.1. The molecule has 0 bridgehead atoms. The fourth-order valence-electron chi connectivity index (χ4n) is 4.76. The number of hydrogen-bond acceptors (Lipinski definition) is 6. The first-order chi connectivity index (χ1) is 18.0. The molecule has 8 nitrogen and oxygen atoms in total. The third-order valence-electron chi connectivity index (χ3n) is 6.84. The van der Waals surface area contributed by atoms with Crippen molar-refractivity contribution in [3.63, 3.8) is 0 Å². The van der Waals surface area contributed by atoms with Gasteiger partial charge in [-0.25, -0.2) is 13.4 Å². The highest BCUT2D eigenvalue weighted by molar-refractivity contribution is 7.89. The smallest absolute Gasteiger partial charge is 0.257 e. The van der Waals surface area contributed by atoms with Crippen molar-refractivity contribution in [2.24, 2.45) is 5.10 Å². The first-order valence-electron chi connectivity index (χ1n) is 12.3. The number of piperazine rings is 1. The predicted molar refractivity (Wildman–Crippen MR) is 142 cm³/mol. The summed E-state index contributed by atoms with van der Waals surface area (Å²) in [6, 6.07) is 25.9. The van der Waals surface area contributed by atoms with Crippen LogP contribution in [0.1, 0.15) is 23.6 Å². The zero-order valence-corrected chi connectivity index (χ0v) is 21.5. The second-order valence-electron chi connectivity index (χ2n) is 9.14. The molecule has 3 aromatic rings. The molecule has 5 rings (SSSR count). The Kier molecular flexibility index (Phi) is 7.36. The number of sulfonamides is 1. The maximum Gasteiger partial charge on any atom is 0.257 e. The molecule has 0 radical (unpaired) electrons. The minimum atomic E-state index is -3.54. The van der Waals surface area contributed by atoms with Gasteiger partial charge in [-0.1, -0.05) is 60.7 Å². The van der Waals surface area contributed by atoms with E-state index < -0.39 is 10.0 Å². The van der Waals surface area contributed by atoms with Crippen molar-refractivity contribution in [1.29, 1.82) is 0 Å². The zero-order chi connectivity index (χ0) is 25.8. The van der Waals surface area contributed by atoms with E-state index in [4.69, 9.17) is 9.84 Å². The third-order valence-corrected chi connectivity index (χ3v) is 8.76. The Balaban J connectivity index is 1.29. The number of ether oxygens (including phenoxy) is 1. The van der Waals surface area contributed by atoms with E-state index in [9.17, 15) is 13.2 Å². The zero-order valence-electron chi connectivity index (χ0n) is 20.7. The molecule has 1 unspecified atom stereocenters. The molecule has 0 N–H and O–H groups in total. The number of hydrazone groups is 1. The molecule has 0 saturated carbocycles. The number of rotatable bonds is 7. The molecule has 2 aliphatic heterocycles. The largest absolute Gasteiger partial charge is 0.497 e. The van der Waals surface area contributed by atoms with Crippen LogP contribution in [0.5, 0.6) is 5.75 Å². The minimum Gasteiger partial charge on any atom is -0.497 e. The highest BCUT2D eigenvalue weighted by Gasteiger charge is 2.35. The summed E-state index contributed by atoms with van der Waals surface area (Å²) in [5.41, 5.74) is 2.85. The highest BCUT2D eigenvalue weighted by atomic mass is 32.2. The molecule has 37 heavy (non-hydrogen) atoms. The Morgan fingerprint density at radius 3 is 2.14 bits per heavy atom. The quantitative estimate of drug-likeness (QED) is 0.479. The van der Waals surface area contributed by atoms with E-state index in [0.717, 1.165) is 22.6 Å². The van der Waals surface area contributed by atoms with Crippen molar-refractivity contribution in [2.45, 2.75) is 17.4 Å². The second kappa shape index (κ2) is 10.8. The monoisotopic (exact) mass is 518 g/mol. The summed E-state index contributed by atoms with van der Waals surface area (Å²) < 4.78 is 32.7. The van der Waals surface area contributed by atoms with Crippen LogP contribution < -0.4 is 4.74 Å². The van der Waals surface area contributed by atoms with Crippen LogP contribution in [0.15, 0.2) is 94.9 Å². The first kappa shape index (κ1) is 25.1. The number of nitrogens with zero attached hydrogens (tertiary/aromatic N) is 4. The van der Waals surface area contributed by atoms with Crippen LogP contribution in [0.3, 0.4) is 0 Å². The lowest BCUT2D eigenvalue weighted by atomic mass is 9.98. The van der Waals surface area contributed by atoms with E-state index in [2.05, 4.69) is 0 Å². The van der Waals surface area contributed by atoms with Crippen molar-refractivity contribution >= 4 is 21.6 Å². The fourth-order valence-corrected chi connectivity index (χ4v) is 6.21. The summed E-state index contributed by atoms with van der Waals surface area (Å²) in [7, 11) is -1.91.